The van der Waals surface area contributed by atoms with Gasteiger partial charge in [-0.2, -0.15) is 0 Å². The molecule has 1 aromatic carbocycles. The predicted molar refractivity (Wildman–Crippen MR) is 68.2 cm³/mol. The monoisotopic (exact) mass is 263 g/mol. The molecule has 19 heavy (non-hydrogen) atoms. The maximum atomic E-state index is 10.8. The Bertz CT molecular complexity index is 476. The quantitative estimate of drug-likeness (QED) is 0.858. The van der Waals surface area contributed by atoms with Crippen LogP contribution in [0.5, 0.6) is 5.75 Å². The second-order valence-corrected chi connectivity index (χ2v) is 4.97. The lowest BCUT2D eigenvalue weighted by molar-refractivity contribution is -0.149. The molecular weight excluding hydrogens is 246 g/mol. The number of aliphatic carboxylic acids is 1. The number of rotatable bonds is 4. The number of nitrogens with one attached hydrogen (secondary N) is 1. The number of hydrogen-bond acceptors (Lipinski definition) is 4. The smallest absolute Gasteiger partial charge is 0.332 e. The number of carbonyl (C=O) groups is 1. The van der Waals surface area contributed by atoms with Crippen LogP contribution in [0, 0.1) is 0 Å². The van der Waals surface area contributed by atoms with E-state index in [-0.39, 0.29) is 12.1 Å². The SMILES string of the molecule is O=C(O)C1CCC(CNC2COc3ccccc32)O1. The number of benzene rings is 1. The molecule has 1 fully saturated rings. The van der Waals surface area contributed by atoms with Crippen molar-refractivity contribution in [1.29, 1.82) is 0 Å². The fraction of sp³-hybridized carbons (Fsp3) is 0.500. The summed E-state index contributed by atoms with van der Waals surface area (Å²) in [5.74, 6) is 0.0628. The highest BCUT2D eigenvalue weighted by Gasteiger charge is 2.31. The van der Waals surface area contributed by atoms with E-state index in [1.165, 1.54) is 0 Å². The van der Waals surface area contributed by atoms with Crippen LogP contribution in [0.3, 0.4) is 0 Å². The first kappa shape index (κ1) is 12.4. The first-order valence-corrected chi connectivity index (χ1v) is 6.57. The van der Waals surface area contributed by atoms with Gasteiger partial charge in [0.25, 0.3) is 0 Å². The van der Waals surface area contributed by atoms with Gasteiger partial charge in [0, 0.05) is 12.1 Å². The highest BCUT2D eigenvalue weighted by atomic mass is 16.5. The second kappa shape index (κ2) is 5.19. The van der Waals surface area contributed by atoms with E-state index in [1.54, 1.807) is 0 Å². The van der Waals surface area contributed by atoms with Crippen LogP contribution in [0.2, 0.25) is 0 Å². The molecule has 5 heteroatoms. The van der Waals surface area contributed by atoms with E-state index in [4.69, 9.17) is 14.6 Å². The maximum Gasteiger partial charge on any atom is 0.332 e. The molecule has 3 atom stereocenters. The van der Waals surface area contributed by atoms with E-state index in [9.17, 15) is 4.79 Å². The van der Waals surface area contributed by atoms with Crippen molar-refractivity contribution in [3.63, 3.8) is 0 Å². The Labute approximate surface area is 111 Å². The number of hydrogen-bond donors (Lipinski definition) is 2. The van der Waals surface area contributed by atoms with Gasteiger partial charge in [-0.15, -0.1) is 0 Å². The minimum absolute atomic E-state index is 0.0196. The van der Waals surface area contributed by atoms with Crippen molar-refractivity contribution < 1.29 is 19.4 Å². The Hall–Kier alpha value is -1.59. The molecule has 3 unspecified atom stereocenters. The molecule has 0 aliphatic carbocycles. The molecule has 0 bridgehead atoms. The van der Waals surface area contributed by atoms with Crippen LogP contribution >= 0.6 is 0 Å². The van der Waals surface area contributed by atoms with Gasteiger partial charge < -0.3 is 19.9 Å². The van der Waals surface area contributed by atoms with Crippen molar-refractivity contribution in [2.45, 2.75) is 31.1 Å². The zero-order valence-electron chi connectivity index (χ0n) is 10.5. The van der Waals surface area contributed by atoms with Crippen LogP contribution in [0.25, 0.3) is 0 Å². The Kier molecular flexibility index (Phi) is 3.40. The highest BCUT2D eigenvalue weighted by molar-refractivity contribution is 5.72. The van der Waals surface area contributed by atoms with Crippen LogP contribution < -0.4 is 10.1 Å². The molecule has 1 aromatic rings. The fourth-order valence-electron chi connectivity index (χ4n) is 2.64. The molecule has 2 N–H and O–H groups in total. The van der Waals surface area contributed by atoms with Crippen LogP contribution in [-0.4, -0.2) is 36.4 Å². The Morgan fingerprint density at radius 2 is 2.21 bits per heavy atom. The average molecular weight is 263 g/mol. The maximum absolute atomic E-state index is 10.8. The normalized spacial score (nSPS) is 28.9. The third-order valence-corrected chi connectivity index (χ3v) is 3.67. The molecular formula is C14H17NO4. The highest BCUT2D eigenvalue weighted by Crippen LogP contribution is 2.31. The standard InChI is InChI=1S/C14H17NO4/c16-14(17)13-6-5-9(19-13)7-15-11-8-18-12-4-2-1-3-10(11)12/h1-4,9,11,13,15H,5-8H2,(H,16,17). The molecule has 5 nitrogen and oxygen atoms in total. The van der Waals surface area contributed by atoms with Crippen LogP contribution in [-0.2, 0) is 9.53 Å². The lowest BCUT2D eigenvalue weighted by Crippen LogP contribution is -2.32. The van der Waals surface area contributed by atoms with E-state index < -0.39 is 12.1 Å². The summed E-state index contributed by atoms with van der Waals surface area (Å²) in [5, 5.41) is 12.3. The van der Waals surface area contributed by atoms with Gasteiger partial charge in [0.1, 0.15) is 12.4 Å². The molecule has 1 saturated heterocycles. The third kappa shape index (κ3) is 2.57. The van der Waals surface area contributed by atoms with E-state index in [2.05, 4.69) is 11.4 Å². The van der Waals surface area contributed by atoms with Gasteiger partial charge in [-0.25, -0.2) is 4.79 Å². The summed E-state index contributed by atoms with van der Waals surface area (Å²) >= 11 is 0. The van der Waals surface area contributed by atoms with Gasteiger partial charge in [-0.05, 0) is 18.9 Å². The minimum Gasteiger partial charge on any atom is -0.491 e. The van der Waals surface area contributed by atoms with Crippen molar-refractivity contribution in [3.8, 4) is 5.75 Å². The average Bonchev–Trinajstić information content (AvgIpc) is 3.03. The zero-order valence-corrected chi connectivity index (χ0v) is 10.5. The number of fused-ring (bicyclic) bond motifs is 1. The molecule has 102 valence electrons. The van der Waals surface area contributed by atoms with Gasteiger partial charge in [0.15, 0.2) is 6.10 Å². The van der Waals surface area contributed by atoms with Crippen LogP contribution in [0.15, 0.2) is 24.3 Å². The minimum atomic E-state index is -0.864. The molecule has 0 saturated carbocycles. The Balaban J connectivity index is 1.53. The summed E-state index contributed by atoms with van der Waals surface area (Å²) in [6, 6.07) is 8.13. The lowest BCUT2D eigenvalue weighted by atomic mass is 10.1. The number of carboxylic acids is 1. The largest absolute Gasteiger partial charge is 0.491 e. The second-order valence-electron chi connectivity index (χ2n) is 4.97. The summed E-state index contributed by atoms with van der Waals surface area (Å²) in [6.07, 6.45) is 0.728. The van der Waals surface area contributed by atoms with Gasteiger partial charge in [-0.3, -0.25) is 0 Å². The Morgan fingerprint density at radius 3 is 3.00 bits per heavy atom. The summed E-state index contributed by atoms with van der Waals surface area (Å²) in [4.78, 5) is 10.8. The van der Waals surface area contributed by atoms with Gasteiger partial charge in [0.2, 0.25) is 0 Å². The molecule has 0 aromatic heterocycles. The predicted octanol–water partition coefficient (Wildman–Crippen LogP) is 1.34. The topological polar surface area (TPSA) is 67.8 Å². The molecule has 3 rings (SSSR count). The molecule has 0 amide bonds. The van der Waals surface area contributed by atoms with Crippen molar-refractivity contribution in [3.05, 3.63) is 29.8 Å². The van der Waals surface area contributed by atoms with Crippen LogP contribution in [0.4, 0.5) is 0 Å². The summed E-state index contributed by atoms with van der Waals surface area (Å²) < 4.78 is 11.1. The molecule has 0 spiro atoms. The summed E-state index contributed by atoms with van der Waals surface area (Å²) in [7, 11) is 0. The first-order chi connectivity index (χ1) is 9.24. The molecule has 2 aliphatic heterocycles. The van der Waals surface area contributed by atoms with Crippen molar-refractivity contribution in [2.24, 2.45) is 0 Å². The number of carboxylic acid groups (broad SMARTS) is 1. The summed E-state index contributed by atoms with van der Waals surface area (Å²) in [5.41, 5.74) is 1.16. The number of para-hydroxylation sites is 1. The molecule has 2 aliphatic rings. The van der Waals surface area contributed by atoms with E-state index >= 15 is 0 Å². The van der Waals surface area contributed by atoms with Crippen molar-refractivity contribution >= 4 is 5.97 Å². The first-order valence-electron chi connectivity index (χ1n) is 6.57. The van der Waals surface area contributed by atoms with Gasteiger partial charge >= 0.3 is 5.97 Å². The lowest BCUT2D eigenvalue weighted by Gasteiger charge is -2.16. The van der Waals surface area contributed by atoms with Gasteiger partial charge in [-0.1, -0.05) is 18.2 Å². The van der Waals surface area contributed by atoms with E-state index in [1.807, 2.05) is 18.2 Å². The van der Waals surface area contributed by atoms with E-state index in [0.29, 0.717) is 19.6 Å². The number of ether oxygens (including phenoxy) is 2. The molecule has 2 heterocycles. The summed E-state index contributed by atoms with van der Waals surface area (Å²) in [6.45, 7) is 1.28. The van der Waals surface area contributed by atoms with E-state index in [0.717, 1.165) is 17.7 Å². The van der Waals surface area contributed by atoms with Crippen molar-refractivity contribution in [2.75, 3.05) is 13.2 Å². The fourth-order valence-corrected chi connectivity index (χ4v) is 2.64. The van der Waals surface area contributed by atoms with Gasteiger partial charge in [0.05, 0.1) is 12.1 Å². The van der Waals surface area contributed by atoms with Crippen molar-refractivity contribution in [1.82, 2.24) is 5.32 Å². The zero-order chi connectivity index (χ0) is 13.2. The van der Waals surface area contributed by atoms with Crippen LogP contribution in [0.1, 0.15) is 24.4 Å². The molecule has 0 radical (unpaired) electrons. The Morgan fingerprint density at radius 1 is 1.37 bits per heavy atom. The third-order valence-electron chi connectivity index (χ3n) is 3.67.